The van der Waals surface area contributed by atoms with E-state index in [4.69, 9.17) is 10.2 Å². The first-order chi connectivity index (χ1) is 10.7. The van der Waals surface area contributed by atoms with Gasteiger partial charge in [-0.15, -0.1) is 0 Å². The third kappa shape index (κ3) is 6.10. The number of carboxylic acids is 2. The minimum absolute atomic E-state index is 0.508. The molecular formula is C17H23NO5. The van der Waals surface area contributed by atoms with E-state index in [2.05, 4.69) is 13.8 Å². The number of hydrogen-bond acceptors (Lipinski definition) is 3. The number of aliphatic carboxylic acids is 2. The Morgan fingerprint density at radius 1 is 0.957 bits per heavy atom. The normalized spacial score (nSPS) is 12.0. The minimum Gasteiger partial charge on any atom is -0.480 e. The van der Waals surface area contributed by atoms with E-state index in [0.717, 1.165) is 22.4 Å². The van der Waals surface area contributed by atoms with E-state index in [1.165, 1.54) is 0 Å². The fraction of sp³-hybridized carbons (Fsp3) is 0.471. The second-order valence-electron chi connectivity index (χ2n) is 6.04. The predicted molar refractivity (Wildman–Crippen MR) is 85.3 cm³/mol. The standard InChI is InChI=1S/C17H23NO5/c1-11(2)8-13-4-6-14(7-5-13)12(3)17(23)18(9-15(19)20)10-16(21)22/h4-7,11-12H,8-10H2,1-3H3,(H,19,20)(H,21,22). The Morgan fingerprint density at radius 3 is 1.83 bits per heavy atom. The molecule has 0 heterocycles. The second kappa shape index (κ2) is 8.31. The summed E-state index contributed by atoms with van der Waals surface area (Å²) in [4.78, 5) is 34.9. The Balaban J connectivity index is 2.87. The van der Waals surface area contributed by atoms with Crippen LogP contribution in [0.5, 0.6) is 0 Å². The van der Waals surface area contributed by atoms with Crippen molar-refractivity contribution in [1.82, 2.24) is 4.90 Å². The van der Waals surface area contributed by atoms with Gasteiger partial charge in [0.25, 0.3) is 0 Å². The number of rotatable bonds is 8. The van der Waals surface area contributed by atoms with Crippen molar-refractivity contribution in [1.29, 1.82) is 0 Å². The first-order valence-corrected chi connectivity index (χ1v) is 7.52. The van der Waals surface area contributed by atoms with Gasteiger partial charge in [-0.2, -0.15) is 0 Å². The van der Waals surface area contributed by atoms with E-state index in [9.17, 15) is 14.4 Å². The summed E-state index contributed by atoms with van der Waals surface area (Å²) in [7, 11) is 0. The highest BCUT2D eigenvalue weighted by Gasteiger charge is 2.25. The maximum atomic E-state index is 12.4. The van der Waals surface area contributed by atoms with E-state index in [1.807, 2.05) is 24.3 Å². The topological polar surface area (TPSA) is 94.9 Å². The summed E-state index contributed by atoms with van der Waals surface area (Å²) in [5, 5.41) is 17.7. The molecule has 2 N–H and O–H groups in total. The molecule has 0 bridgehead atoms. The van der Waals surface area contributed by atoms with Crippen molar-refractivity contribution in [3.63, 3.8) is 0 Å². The summed E-state index contributed by atoms with van der Waals surface area (Å²) in [6.07, 6.45) is 0.937. The van der Waals surface area contributed by atoms with Gasteiger partial charge in [0.2, 0.25) is 5.91 Å². The third-order valence-electron chi connectivity index (χ3n) is 3.46. The molecule has 1 unspecified atom stereocenters. The van der Waals surface area contributed by atoms with Gasteiger partial charge in [0.15, 0.2) is 0 Å². The molecule has 1 atom stereocenters. The summed E-state index contributed by atoms with van der Waals surface area (Å²) in [5.41, 5.74) is 1.90. The van der Waals surface area contributed by atoms with Crippen molar-refractivity contribution in [2.45, 2.75) is 33.1 Å². The van der Waals surface area contributed by atoms with E-state index in [1.54, 1.807) is 6.92 Å². The number of hydrogen-bond donors (Lipinski definition) is 2. The molecular weight excluding hydrogens is 298 g/mol. The summed E-state index contributed by atoms with van der Waals surface area (Å²) >= 11 is 0. The van der Waals surface area contributed by atoms with Crippen molar-refractivity contribution in [2.75, 3.05) is 13.1 Å². The molecule has 1 rings (SSSR count). The number of carboxylic acid groups (broad SMARTS) is 2. The molecule has 6 nitrogen and oxygen atoms in total. The molecule has 0 aliphatic carbocycles. The molecule has 1 amide bonds. The van der Waals surface area contributed by atoms with Crippen LogP contribution in [0.25, 0.3) is 0 Å². The highest BCUT2D eigenvalue weighted by atomic mass is 16.4. The Hall–Kier alpha value is -2.37. The van der Waals surface area contributed by atoms with Crippen molar-refractivity contribution in [2.24, 2.45) is 5.92 Å². The molecule has 6 heteroatoms. The van der Waals surface area contributed by atoms with Crippen LogP contribution in [0.4, 0.5) is 0 Å². The number of nitrogens with zero attached hydrogens (tertiary/aromatic N) is 1. The fourth-order valence-corrected chi connectivity index (χ4v) is 2.37. The van der Waals surface area contributed by atoms with Crippen molar-refractivity contribution in [3.05, 3.63) is 35.4 Å². The van der Waals surface area contributed by atoms with Crippen LogP contribution in [0.2, 0.25) is 0 Å². The van der Waals surface area contributed by atoms with Crippen LogP contribution >= 0.6 is 0 Å². The second-order valence-corrected chi connectivity index (χ2v) is 6.04. The van der Waals surface area contributed by atoms with Gasteiger partial charge in [-0.05, 0) is 30.4 Å². The Morgan fingerprint density at radius 2 is 1.43 bits per heavy atom. The SMILES string of the molecule is CC(C)Cc1ccc(C(C)C(=O)N(CC(=O)O)CC(=O)O)cc1. The molecule has 23 heavy (non-hydrogen) atoms. The fourth-order valence-electron chi connectivity index (χ4n) is 2.37. The van der Waals surface area contributed by atoms with Crippen LogP contribution in [0.1, 0.15) is 37.8 Å². The molecule has 0 aromatic heterocycles. The number of amides is 1. The van der Waals surface area contributed by atoms with Gasteiger partial charge in [-0.3, -0.25) is 14.4 Å². The van der Waals surface area contributed by atoms with E-state index < -0.39 is 36.9 Å². The third-order valence-corrected chi connectivity index (χ3v) is 3.46. The lowest BCUT2D eigenvalue weighted by Gasteiger charge is -2.23. The van der Waals surface area contributed by atoms with Crippen LogP contribution in [0, 0.1) is 5.92 Å². The van der Waals surface area contributed by atoms with E-state index >= 15 is 0 Å². The quantitative estimate of drug-likeness (QED) is 0.763. The van der Waals surface area contributed by atoms with Gasteiger partial charge >= 0.3 is 11.9 Å². The maximum Gasteiger partial charge on any atom is 0.323 e. The summed E-state index contributed by atoms with van der Waals surface area (Å²) in [6.45, 7) is 4.64. The number of carbonyl (C=O) groups excluding carboxylic acids is 1. The number of benzene rings is 1. The molecule has 0 spiro atoms. The zero-order valence-electron chi connectivity index (χ0n) is 13.7. The molecule has 0 saturated carbocycles. The van der Waals surface area contributed by atoms with Crippen molar-refractivity contribution < 1.29 is 24.6 Å². The van der Waals surface area contributed by atoms with Gasteiger partial charge in [-0.1, -0.05) is 38.1 Å². The average Bonchev–Trinajstić information content (AvgIpc) is 2.44. The van der Waals surface area contributed by atoms with Crippen LogP contribution in [-0.2, 0) is 20.8 Å². The lowest BCUT2D eigenvalue weighted by atomic mass is 9.96. The lowest BCUT2D eigenvalue weighted by molar-refractivity contribution is -0.149. The highest BCUT2D eigenvalue weighted by molar-refractivity contribution is 5.89. The van der Waals surface area contributed by atoms with Crippen molar-refractivity contribution in [3.8, 4) is 0 Å². The summed E-state index contributed by atoms with van der Waals surface area (Å²) < 4.78 is 0. The van der Waals surface area contributed by atoms with Crippen LogP contribution in [-0.4, -0.2) is 46.0 Å². The van der Waals surface area contributed by atoms with Gasteiger partial charge < -0.3 is 15.1 Å². The van der Waals surface area contributed by atoms with Gasteiger partial charge in [-0.25, -0.2) is 0 Å². The predicted octanol–water partition coefficient (Wildman–Crippen LogP) is 1.99. The molecule has 0 saturated heterocycles. The Kier molecular flexibility index (Phi) is 6.75. The summed E-state index contributed by atoms with van der Waals surface area (Å²) in [6, 6.07) is 7.55. The smallest absolute Gasteiger partial charge is 0.323 e. The Labute approximate surface area is 135 Å². The van der Waals surface area contributed by atoms with Gasteiger partial charge in [0.05, 0.1) is 5.92 Å². The largest absolute Gasteiger partial charge is 0.480 e. The van der Waals surface area contributed by atoms with Gasteiger partial charge in [0.1, 0.15) is 13.1 Å². The molecule has 0 fully saturated rings. The van der Waals surface area contributed by atoms with E-state index in [-0.39, 0.29) is 0 Å². The lowest BCUT2D eigenvalue weighted by Crippen LogP contribution is -2.41. The van der Waals surface area contributed by atoms with Crippen LogP contribution < -0.4 is 0 Å². The zero-order valence-corrected chi connectivity index (χ0v) is 13.7. The molecule has 0 radical (unpaired) electrons. The maximum absolute atomic E-state index is 12.4. The molecule has 0 aliphatic heterocycles. The molecule has 126 valence electrons. The molecule has 1 aromatic carbocycles. The molecule has 1 aromatic rings. The van der Waals surface area contributed by atoms with E-state index in [0.29, 0.717) is 5.92 Å². The first kappa shape index (κ1) is 18.7. The monoisotopic (exact) mass is 321 g/mol. The first-order valence-electron chi connectivity index (χ1n) is 7.52. The minimum atomic E-state index is -1.24. The molecule has 0 aliphatic rings. The average molecular weight is 321 g/mol. The highest BCUT2D eigenvalue weighted by Crippen LogP contribution is 2.20. The Bertz CT molecular complexity index is 549. The number of carbonyl (C=O) groups is 3. The zero-order chi connectivity index (χ0) is 17.6. The van der Waals surface area contributed by atoms with Crippen LogP contribution in [0.3, 0.4) is 0 Å². The van der Waals surface area contributed by atoms with Gasteiger partial charge in [0, 0.05) is 0 Å². The summed E-state index contributed by atoms with van der Waals surface area (Å²) in [5.74, 6) is -3.05. The van der Waals surface area contributed by atoms with Crippen LogP contribution in [0.15, 0.2) is 24.3 Å². The van der Waals surface area contributed by atoms with Crippen molar-refractivity contribution >= 4 is 17.8 Å².